The number of hydrazone groups is 1. The molecular weight excluding hydrogens is 476 g/mol. The van der Waals surface area contributed by atoms with Gasteiger partial charge >= 0.3 is 0 Å². The molecule has 0 saturated heterocycles. The van der Waals surface area contributed by atoms with E-state index >= 15 is 0 Å². The molecule has 0 atom stereocenters. The molecule has 0 fully saturated rings. The van der Waals surface area contributed by atoms with Crippen molar-refractivity contribution in [2.75, 3.05) is 20.3 Å². The molecule has 0 aliphatic carbocycles. The van der Waals surface area contributed by atoms with Gasteiger partial charge in [0.05, 0.1) is 30.9 Å². The first kappa shape index (κ1) is 23.8. The van der Waals surface area contributed by atoms with E-state index in [0.717, 1.165) is 5.04 Å². The van der Waals surface area contributed by atoms with Gasteiger partial charge in [-0.2, -0.15) is 15.1 Å². The lowest BCUT2D eigenvalue weighted by molar-refractivity contribution is -0.114. The number of nitrogens with zero attached hydrogens (tertiary/aromatic N) is 3. The quantitative estimate of drug-likeness (QED) is 0.376. The summed E-state index contributed by atoms with van der Waals surface area (Å²) in [5.41, 5.74) is 0.849. The first-order valence-corrected chi connectivity index (χ1v) is 11.9. The van der Waals surface area contributed by atoms with Gasteiger partial charge in [0.15, 0.2) is 17.3 Å². The number of nitrogens with one attached hydrogen (secondary N) is 1. The molecule has 4 rings (SSSR count). The van der Waals surface area contributed by atoms with Crippen molar-refractivity contribution < 1.29 is 19.0 Å². The van der Waals surface area contributed by atoms with Crippen LogP contribution in [0.5, 0.6) is 17.2 Å². The Hall–Kier alpha value is -3.30. The largest absolute Gasteiger partial charge is 0.493 e. The number of amides is 1. The average Bonchev–Trinajstić information content (AvgIpc) is 3.26. The van der Waals surface area contributed by atoms with Gasteiger partial charge in [-0.15, -0.1) is 0 Å². The Morgan fingerprint density at radius 1 is 1.12 bits per heavy atom. The Balaban J connectivity index is 1.40. The molecule has 2 aromatic rings. The van der Waals surface area contributed by atoms with Crippen molar-refractivity contribution in [1.82, 2.24) is 5.01 Å². The third kappa shape index (κ3) is 5.26. The Labute approximate surface area is 206 Å². The molecule has 1 amide bonds. The van der Waals surface area contributed by atoms with Crippen LogP contribution in [0.2, 0.25) is 5.02 Å². The molecule has 34 heavy (non-hydrogen) atoms. The normalized spacial score (nSPS) is 16.3. The van der Waals surface area contributed by atoms with Crippen LogP contribution < -0.4 is 14.2 Å². The Morgan fingerprint density at radius 3 is 2.62 bits per heavy atom. The topological polar surface area (TPSA) is 96.6 Å². The van der Waals surface area contributed by atoms with Gasteiger partial charge in [-0.25, -0.2) is 0 Å². The van der Waals surface area contributed by atoms with Gasteiger partial charge < -0.3 is 14.2 Å². The third-order valence-electron chi connectivity index (χ3n) is 4.94. The minimum atomic E-state index is -0.464. The highest BCUT2D eigenvalue weighted by atomic mass is 35.5. The summed E-state index contributed by atoms with van der Waals surface area (Å²) in [7, 11) is 1.55. The monoisotopic (exact) mass is 498 g/mol. The van der Waals surface area contributed by atoms with E-state index in [1.54, 1.807) is 37.5 Å². The fraction of sp³-hybridized carbons (Fsp3) is 0.250. The Morgan fingerprint density at radius 2 is 1.88 bits per heavy atom. The van der Waals surface area contributed by atoms with Gasteiger partial charge in [0.25, 0.3) is 5.91 Å². The number of benzene rings is 2. The standard InChI is InChI=1S/C24H23ClN4O4S/c1-3-21-28-29-22(26)16(23(30)27-24(29)34-21)13-15-9-10-19(20(14-15)31-2)33-12-6-11-32-18-8-5-4-7-17(18)25/h4-5,7-10,13-14,26H,3,6,11-12H2,1-2H3. The highest BCUT2D eigenvalue weighted by molar-refractivity contribution is 8.26. The zero-order chi connectivity index (χ0) is 24.1. The van der Waals surface area contributed by atoms with Gasteiger partial charge in [0.2, 0.25) is 5.17 Å². The van der Waals surface area contributed by atoms with Crippen LogP contribution in [0.25, 0.3) is 6.08 Å². The summed E-state index contributed by atoms with van der Waals surface area (Å²) in [4.78, 5) is 16.6. The molecule has 1 N–H and O–H groups in total. The lowest BCUT2D eigenvalue weighted by Crippen LogP contribution is -2.35. The SMILES string of the molecule is CCC1=NN2C(=N)C(=Cc3ccc(OCCCOc4ccccc4Cl)c(OC)c3)C(=O)N=C2S1. The minimum absolute atomic E-state index is 0.00348. The van der Waals surface area contributed by atoms with E-state index in [4.69, 9.17) is 31.2 Å². The Kier molecular flexibility index (Phi) is 7.54. The second-order valence-electron chi connectivity index (χ2n) is 7.26. The summed E-state index contributed by atoms with van der Waals surface area (Å²) in [5.74, 6) is 1.27. The number of carbonyl (C=O) groups is 1. The maximum absolute atomic E-state index is 12.5. The third-order valence-corrected chi connectivity index (χ3v) is 6.30. The number of rotatable bonds is 9. The highest BCUT2D eigenvalue weighted by Gasteiger charge is 2.35. The molecule has 8 nitrogen and oxygen atoms in total. The zero-order valence-corrected chi connectivity index (χ0v) is 20.3. The van der Waals surface area contributed by atoms with Gasteiger partial charge in [0, 0.05) is 6.42 Å². The number of halogens is 1. The van der Waals surface area contributed by atoms with Crippen LogP contribution >= 0.6 is 23.4 Å². The van der Waals surface area contributed by atoms with Crippen molar-refractivity contribution in [2.45, 2.75) is 19.8 Å². The predicted octanol–water partition coefficient (Wildman–Crippen LogP) is 5.23. The summed E-state index contributed by atoms with van der Waals surface area (Å²) in [6.45, 7) is 2.85. The summed E-state index contributed by atoms with van der Waals surface area (Å²) >= 11 is 7.40. The maximum atomic E-state index is 12.5. The molecule has 0 spiro atoms. The van der Waals surface area contributed by atoms with Crippen molar-refractivity contribution in [2.24, 2.45) is 10.1 Å². The van der Waals surface area contributed by atoms with Crippen LogP contribution in [0.15, 0.2) is 58.1 Å². The van der Waals surface area contributed by atoms with E-state index in [0.29, 0.717) is 59.1 Å². The molecule has 2 aromatic carbocycles. The lowest BCUT2D eigenvalue weighted by atomic mass is 10.1. The number of hydrogen-bond acceptors (Lipinski definition) is 7. The van der Waals surface area contributed by atoms with E-state index in [-0.39, 0.29) is 11.4 Å². The number of aliphatic imine (C=N–C) groups is 1. The van der Waals surface area contributed by atoms with Gasteiger partial charge in [-0.1, -0.05) is 36.7 Å². The molecule has 2 aliphatic heterocycles. The molecular formula is C24H23ClN4O4S. The number of methoxy groups -OCH3 is 1. The van der Waals surface area contributed by atoms with Crippen LogP contribution in [-0.4, -0.2) is 47.3 Å². The fourth-order valence-electron chi connectivity index (χ4n) is 3.22. The first-order valence-electron chi connectivity index (χ1n) is 10.7. The lowest BCUT2D eigenvalue weighted by Gasteiger charge is -2.20. The predicted molar refractivity (Wildman–Crippen MR) is 135 cm³/mol. The number of ether oxygens (including phenoxy) is 3. The van der Waals surface area contributed by atoms with Gasteiger partial charge in [-0.05, 0) is 54.1 Å². The second kappa shape index (κ2) is 10.8. The van der Waals surface area contributed by atoms with Crippen molar-refractivity contribution in [3.05, 3.63) is 58.6 Å². The van der Waals surface area contributed by atoms with Crippen LogP contribution in [0.1, 0.15) is 25.3 Å². The van der Waals surface area contributed by atoms with E-state index in [1.807, 2.05) is 25.1 Å². The van der Waals surface area contributed by atoms with E-state index < -0.39 is 5.91 Å². The number of amidine groups is 2. The van der Waals surface area contributed by atoms with Crippen molar-refractivity contribution in [1.29, 1.82) is 5.41 Å². The highest BCUT2D eigenvalue weighted by Crippen LogP contribution is 2.32. The molecule has 176 valence electrons. The van der Waals surface area contributed by atoms with E-state index in [2.05, 4.69) is 10.1 Å². The second-order valence-corrected chi connectivity index (χ2v) is 8.71. The van der Waals surface area contributed by atoms with Crippen LogP contribution in [-0.2, 0) is 4.79 Å². The van der Waals surface area contributed by atoms with Gasteiger partial charge in [-0.3, -0.25) is 10.2 Å². The van der Waals surface area contributed by atoms with Crippen molar-refractivity contribution >= 4 is 51.4 Å². The smallest absolute Gasteiger partial charge is 0.283 e. The summed E-state index contributed by atoms with van der Waals surface area (Å²) in [6.07, 6.45) is 2.98. The molecule has 0 radical (unpaired) electrons. The average molecular weight is 499 g/mol. The molecule has 0 unspecified atom stereocenters. The molecule has 0 aromatic heterocycles. The van der Waals surface area contributed by atoms with Crippen molar-refractivity contribution in [3.63, 3.8) is 0 Å². The number of thioether (sulfide) groups is 1. The molecule has 2 heterocycles. The van der Waals surface area contributed by atoms with Crippen LogP contribution in [0.4, 0.5) is 0 Å². The van der Waals surface area contributed by atoms with Crippen LogP contribution in [0.3, 0.4) is 0 Å². The fourth-order valence-corrected chi connectivity index (χ4v) is 4.23. The molecule has 10 heteroatoms. The number of para-hydroxylation sites is 1. The minimum Gasteiger partial charge on any atom is -0.493 e. The summed E-state index contributed by atoms with van der Waals surface area (Å²) in [6, 6.07) is 12.6. The summed E-state index contributed by atoms with van der Waals surface area (Å²) in [5, 5.41) is 16.0. The van der Waals surface area contributed by atoms with Crippen molar-refractivity contribution in [3.8, 4) is 17.2 Å². The number of carbonyl (C=O) groups excluding carboxylic acids is 1. The van der Waals surface area contributed by atoms with E-state index in [1.165, 1.54) is 16.8 Å². The van der Waals surface area contributed by atoms with E-state index in [9.17, 15) is 4.79 Å². The number of hydrogen-bond donors (Lipinski definition) is 1. The maximum Gasteiger partial charge on any atom is 0.283 e. The molecule has 2 aliphatic rings. The van der Waals surface area contributed by atoms with Gasteiger partial charge in [0.1, 0.15) is 10.8 Å². The number of fused-ring (bicyclic) bond motifs is 1. The van der Waals surface area contributed by atoms with Crippen LogP contribution in [0, 0.1) is 5.41 Å². The zero-order valence-electron chi connectivity index (χ0n) is 18.7. The summed E-state index contributed by atoms with van der Waals surface area (Å²) < 4.78 is 17.0. The molecule has 0 bridgehead atoms. The Bertz CT molecular complexity index is 1210. The molecule has 0 saturated carbocycles. The first-order chi connectivity index (χ1) is 16.5.